The number of carbonyl (C=O) groups is 1. The lowest BCUT2D eigenvalue weighted by molar-refractivity contribution is 0.104. The van der Waals surface area contributed by atoms with Gasteiger partial charge in [0.15, 0.2) is 5.78 Å². The summed E-state index contributed by atoms with van der Waals surface area (Å²) in [6.45, 7) is 17.0. The quantitative estimate of drug-likeness (QED) is 0.274. The minimum atomic E-state index is -0.383. The maximum absolute atomic E-state index is 12.8. The first-order valence-corrected chi connectivity index (χ1v) is 11.9. The summed E-state index contributed by atoms with van der Waals surface area (Å²) in [5, 5.41) is 0. The molecule has 0 amide bonds. The average molecular weight is 453 g/mol. The van der Waals surface area contributed by atoms with E-state index in [1.165, 1.54) is 0 Å². The number of carbonyl (C=O) groups excluding carboxylic acids is 1. The fourth-order valence-corrected chi connectivity index (χ4v) is 3.26. The summed E-state index contributed by atoms with van der Waals surface area (Å²) in [7, 11) is 0. The lowest BCUT2D eigenvalue weighted by Gasteiger charge is -2.27. The SMILES string of the molecule is CCCOc1ccc(C(=O)/C=C/c2cc(CCC)c(OC(C)(C)C)cc2OC(C)(C)C)cc1. The van der Waals surface area contributed by atoms with Gasteiger partial charge in [0.25, 0.3) is 0 Å². The molecule has 0 saturated carbocycles. The Hall–Kier alpha value is -2.75. The standard InChI is InChI=1S/C29H40O4/c1-9-11-22-19-23(27(33-29(6,7)8)20-26(22)32-28(3,4)5)14-17-25(30)21-12-15-24(16-13-21)31-18-10-2/h12-17,19-20H,9-11,18H2,1-8H3/b17-14+. The second kappa shape index (κ2) is 11.4. The van der Waals surface area contributed by atoms with Crippen molar-refractivity contribution in [1.29, 1.82) is 0 Å². The van der Waals surface area contributed by atoms with Crippen LogP contribution in [0.5, 0.6) is 17.2 Å². The molecule has 4 nitrogen and oxygen atoms in total. The van der Waals surface area contributed by atoms with Crippen LogP contribution >= 0.6 is 0 Å². The first kappa shape index (κ1) is 26.5. The Balaban J connectivity index is 2.38. The summed E-state index contributed by atoms with van der Waals surface area (Å²) >= 11 is 0. The number of rotatable bonds is 10. The predicted molar refractivity (Wildman–Crippen MR) is 137 cm³/mol. The molecule has 180 valence electrons. The van der Waals surface area contributed by atoms with E-state index >= 15 is 0 Å². The summed E-state index contributed by atoms with van der Waals surface area (Å²) < 4.78 is 18.1. The lowest BCUT2D eigenvalue weighted by atomic mass is 10.0. The number of allylic oxidation sites excluding steroid dienone is 1. The largest absolute Gasteiger partial charge is 0.494 e. The van der Waals surface area contributed by atoms with Crippen molar-refractivity contribution >= 4 is 11.9 Å². The zero-order valence-corrected chi connectivity index (χ0v) is 21.6. The van der Waals surface area contributed by atoms with Crippen molar-refractivity contribution < 1.29 is 19.0 Å². The summed E-state index contributed by atoms with van der Waals surface area (Å²) in [5.41, 5.74) is 1.90. The third-order valence-corrected chi connectivity index (χ3v) is 4.57. The summed E-state index contributed by atoms with van der Waals surface area (Å²) in [6.07, 6.45) is 6.27. The Morgan fingerprint density at radius 1 is 0.848 bits per heavy atom. The van der Waals surface area contributed by atoms with E-state index in [4.69, 9.17) is 14.2 Å². The van der Waals surface area contributed by atoms with Crippen molar-refractivity contribution in [2.45, 2.75) is 85.9 Å². The fourth-order valence-electron chi connectivity index (χ4n) is 3.26. The Morgan fingerprint density at radius 2 is 1.45 bits per heavy atom. The van der Waals surface area contributed by atoms with Crippen LogP contribution in [-0.4, -0.2) is 23.6 Å². The maximum atomic E-state index is 12.8. The highest BCUT2D eigenvalue weighted by Gasteiger charge is 2.20. The topological polar surface area (TPSA) is 44.8 Å². The van der Waals surface area contributed by atoms with Crippen molar-refractivity contribution in [1.82, 2.24) is 0 Å². The van der Waals surface area contributed by atoms with Gasteiger partial charge in [-0.2, -0.15) is 0 Å². The number of hydrogen-bond acceptors (Lipinski definition) is 4. The van der Waals surface area contributed by atoms with Crippen molar-refractivity contribution in [2.24, 2.45) is 0 Å². The molecule has 0 aliphatic rings. The molecule has 2 rings (SSSR count). The smallest absolute Gasteiger partial charge is 0.185 e. The molecule has 4 heteroatoms. The van der Waals surface area contributed by atoms with Gasteiger partial charge in [0, 0.05) is 17.2 Å². The predicted octanol–water partition coefficient (Wildman–Crippen LogP) is 7.68. The Bertz CT molecular complexity index is 941. The van der Waals surface area contributed by atoms with Gasteiger partial charge in [-0.05, 0) is 102 Å². The third kappa shape index (κ3) is 8.95. The number of benzene rings is 2. The van der Waals surface area contributed by atoms with E-state index < -0.39 is 0 Å². The van der Waals surface area contributed by atoms with Crippen LogP contribution in [0.3, 0.4) is 0 Å². The molecule has 0 fully saturated rings. The van der Waals surface area contributed by atoms with Crippen molar-refractivity contribution in [3.63, 3.8) is 0 Å². The van der Waals surface area contributed by atoms with Crippen LogP contribution in [0.4, 0.5) is 0 Å². The Labute approximate surface area is 200 Å². The molecule has 0 aromatic heterocycles. The highest BCUT2D eigenvalue weighted by molar-refractivity contribution is 6.07. The van der Waals surface area contributed by atoms with Gasteiger partial charge >= 0.3 is 0 Å². The van der Waals surface area contributed by atoms with Gasteiger partial charge in [-0.3, -0.25) is 4.79 Å². The average Bonchev–Trinajstić information content (AvgIpc) is 2.71. The van der Waals surface area contributed by atoms with E-state index in [1.807, 2.05) is 65.8 Å². The normalized spacial score (nSPS) is 12.1. The second-order valence-electron chi connectivity index (χ2n) is 10.2. The molecular formula is C29H40O4. The Morgan fingerprint density at radius 3 is 2.00 bits per heavy atom. The molecule has 0 heterocycles. The summed E-state index contributed by atoms with van der Waals surface area (Å²) in [5.74, 6) is 2.24. The molecule has 2 aromatic carbocycles. The molecule has 0 atom stereocenters. The molecule has 0 aliphatic carbocycles. The van der Waals surface area contributed by atoms with E-state index in [0.29, 0.717) is 17.9 Å². The van der Waals surface area contributed by atoms with E-state index in [1.54, 1.807) is 18.2 Å². The van der Waals surface area contributed by atoms with Gasteiger partial charge in [-0.25, -0.2) is 0 Å². The van der Waals surface area contributed by atoms with Crippen LogP contribution in [-0.2, 0) is 6.42 Å². The van der Waals surface area contributed by atoms with Crippen molar-refractivity contribution in [2.75, 3.05) is 6.61 Å². The molecule has 0 spiro atoms. The van der Waals surface area contributed by atoms with E-state index in [2.05, 4.69) is 19.9 Å². The van der Waals surface area contributed by atoms with E-state index in [-0.39, 0.29) is 17.0 Å². The fraction of sp³-hybridized carbons (Fsp3) is 0.483. The highest BCUT2D eigenvalue weighted by Crippen LogP contribution is 2.35. The van der Waals surface area contributed by atoms with E-state index in [9.17, 15) is 4.79 Å². The third-order valence-electron chi connectivity index (χ3n) is 4.57. The van der Waals surface area contributed by atoms with Gasteiger partial charge in [0.1, 0.15) is 28.5 Å². The lowest BCUT2D eigenvalue weighted by Crippen LogP contribution is -2.25. The number of ether oxygens (including phenoxy) is 3. The van der Waals surface area contributed by atoms with Gasteiger partial charge in [-0.15, -0.1) is 0 Å². The van der Waals surface area contributed by atoms with Crippen molar-refractivity contribution in [3.05, 3.63) is 59.2 Å². The number of ketones is 1. The molecule has 0 bridgehead atoms. The monoisotopic (exact) mass is 452 g/mol. The van der Waals surface area contributed by atoms with Gasteiger partial charge < -0.3 is 14.2 Å². The molecule has 0 unspecified atom stereocenters. The van der Waals surface area contributed by atoms with Crippen LogP contribution in [0.25, 0.3) is 6.08 Å². The van der Waals surface area contributed by atoms with Crippen LogP contribution < -0.4 is 14.2 Å². The molecule has 0 N–H and O–H groups in total. The zero-order valence-electron chi connectivity index (χ0n) is 21.6. The maximum Gasteiger partial charge on any atom is 0.185 e. The summed E-state index contributed by atoms with van der Waals surface area (Å²) in [6, 6.07) is 11.3. The zero-order chi connectivity index (χ0) is 24.6. The van der Waals surface area contributed by atoms with Gasteiger partial charge in [0.05, 0.1) is 6.61 Å². The van der Waals surface area contributed by atoms with E-state index in [0.717, 1.165) is 41.9 Å². The second-order valence-corrected chi connectivity index (χ2v) is 10.2. The van der Waals surface area contributed by atoms with Gasteiger partial charge in [0.2, 0.25) is 0 Å². The Kier molecular flexibility index (Phi) is 9.16. The first-order chi connectivity index (χ1) is 15.4. The minimum Gasteiger partial charge on any atom is -0.494 e. The molecule has 0 aliphatic heterocycles. The number of aryl methyl sites for hydroxylation is 1. The molecule has 2 aromatic rings. The molecule has 0 radical (unpaired) electrons. The van der Waals surface area contributed by atoms with Crippen molar-refractivity contribution in [3.8, 4) is 17.2 Å². The van der Waals surface area contributed by atoms with Crippen LogP contribution in [0.15, 0.2) is 42.5 Å². The minimum absolute atomic E-state index is 0.0641. The molecular weight excluding hydrogens is 412 g/mol. The van der Waals surface area contributed by atoms with Crippen LogP contribution in [0.2, 0.25) is 0 Å². The number of hydrogen-bond donors (Lipinski definition) is 0. The highest BCUT2D eigenvalue weighted by atomic mass is 16.5. The van der Waals surface area contributed by atoms with Crippen LogP contribution in [0, 0.1) is 0 Å². The molecule has 33 heavy (non-hydrogen) atoms. The summed E-state index contributed by atoms with van der Waals surface area (Å²) in [4.78, 5) is 12.8. The van der Waals surface area contributed by atoms with Gasteiger partial charge in [-0.1, -0.05) is 20.3 Å². The first-order valence-electron chi connectivity index (χ1n) is 11.9. The molecule has 0 saturated heterocycles. The van der Waals surface area contributed by atoms with Crippen LogP contribution in [0.1, 0.15) is 89.7 Å².